The molecule has 2 heterocycles. The van der Waals surface area contributed by atoms with Crippen molar-refractivity contribution in [3.8, 4) is 0 Å². The fourth-order valence-electron chi connectivity index (χ4n) is 2.86. The number of aryl methyl sites for hydroxylation is 1. The van der Waals surface area contributed by atoms with E-state index < -0.39 is 0 Å². The minimum absolute atomic E-state index is 0.198. The van der Waals surface area contributed by atoms with Crippen LogP contribution in [0.1, 0.15) is 62.7 Å². The van der Waals surface area contributed by atoms with Crippen LogP contribution in [0.15, 0.2) is 29.2 Å². The number of hydrogen-bond donors (Lipinski definition) is 1. The largest absolute Gasteiger partial charge is 0.352 e. The Morgan fingerprint density at radius 3 is 2.67 bits per heavy atom. The molecule has 2 rings (SSSR count). The van der Waals surface area contributed by atoms with Crippen LogP contribution < -0.4 is 10.9 Å². The Bertz CT molecular complexity index is 737. The molecule has 5 heteroatoms. The van der Waals surface area contributed by atoms with Gasteiger partial charge in [0.1, 0.15) is 11.2 Å². The molecule has 0 aromatic carbocycles. The van der Waals surface area contributed by atoms with Crippen LogP contribution in [0.4, 0.5) is 0 Å². The van der Waals surface area contributed by atoms with Gasteiger partial charge in [-0.3, -0.25) is 14.2 Å². The third kappa shape index (κ3) is 4.43. The summed E-state index contributed by atoms with van der Waals surface area (Å²) in [5.74, 6) is -0.290. The van der Waals surface area contributed by atoms with Crippen LogP contribution in [-0.4, -0.2) is 22.0 Å². The lowest BCUT2D eigenvalue weighted by Gasteiger charge is -2.10. The van der Waals surface area contributed by atoms with E-state index in [1.165, 1.54) is 25.7 Å². The van der Waals surface area contributed by atoms with Crippen molar-refractivity contribution in [1.29, 1.82) is 0 Å². The smallest absolute Gasteiger partial charge is 0.265 e. The molecule has 0 bridgehead atoms. The Balaban J connectivity index is 2.02. The molecule has 24 heavy (non-hydrogen) atoms. The van der Waals surface area contributed by atoms with E-state index in [-0.39, 0.29) is 17.0 Å². The van der Waals surface area contributed by atoms with Gasteiger partial charge in [0.05, 0.1) is 0 Å². The highest BCUT2D eigenvalue weighted by Gasteiger charge is 2.15. The van der Waals surface area contributed by atoms with E-state index in [0.717, 1.165) is 18.2 Å². The molecule has 0 unspecified atom stereocenters. The van der Waals surface area contributed by atoms with Gasteiger partial charge in [0.2, 0.25) is 0 Å². The predicted octanol–water partition coefficient (Wildman–Crippen LogP) is 3.51. The normalized spacial score (nSPS) is 10.9. The van der Waals surface area contributed by atoms with E-state index >= 15 is 0 Å². The van der Waals surface area contributed by atoms with Gasteiger partial charge in [0, 0.05) is 24.7 Å². The second-order valence-corrected chi connectivity index (χ2v) is 6.05. The van der Waals surface area contributed by atoms with E-state index in [1.54, 1.807) is 16.8 Å². The maximum absolute atomic E-state index is 12.5. The molecule has 0 spiro atoms. The number of rotatable bonds is 9. The SMILES string of the molecule is CCCCCCCCNC(=O)c1cc2cccnc2n(CC)c1=O. The zero-order valence-corrected chi connectivity index (χ0v) is 14.7. The zero-order valence-electron chi connectivity index (χ0n) is 14.7. The van der Waals surface area contributed by atoms with Gasteiger partial charge in [-0.1, -0.05) is 39.0 Å². The molecular formula is C19H27N3O2. The maximum Gasteiger partial charge on any atom is 0.265 e. The summed E-state index contributed by atoms with van der Waals surface area (Å²) in [6, 6.07) is 5.33. The van der Waals surface area contributed by atoms with Crippen LogP contribution in [0.2, 0.25) is 0 Å². The van der Waals surface area contributed by atoms with Crippen LogP contribution in [0.5, 0.6) is 0 Å². The Hall–Kier alpha value is -2.17. The van der Waals surface area contributed by atoms with Crippen molar-refractivity contribution in [2.24, 2.45) is 0 Å². The Morgan fingerprint density at radius 2 is 1.92 bits per heavy atom. The monoisotopic (exact) mass is 329 g/mol. The van der Waals surface area contributed by atoms with Crippen LogP contribution in [0.3, 0.4) is 0 Å². The predicted molar refractivity (Wildman–Crippen MR) is 97.4 cm³/mol. The van der Waals surface area contributed by atoms with Crippen molar-refractivity contribution >= 4 is 16.9 Å². The molecule has 0 fully saturated rings. The van der Waals surface area contributed by atoms with Crippen molar-refractivity contribution in [2.75, 3.05) is 6.54 Å². The van der Waals surface area contributed by atoms with Gasteiger partial charge in [-0.05, 0) is 31.5 Å². The minimum atomic E-state index is -0.290. The highest BCUT2D eigenvalue weighted by molar-refractivity contribution is 5.96. The Morgan fingerprint density at radius 1 is 1.17 bits per heavy atom. The number of fused-ring (bicyclic) bond motifs is 1. The first-order valence-corrected chi connectivity index (χ1v) is 8.95. The molecule has 5 nitrogen and oxygen atoms in total. The highest BCUT2D eigenvalue weighted by Crippen LogP contribution is 2.11. The molecule has 2 aromatic rings. The van der Waals surface area contributed by atoms with Gasteiger partial charge in [-0.15, -0.1) is 0 Å². The van der Waals surface area contributed by atoms with Crippen LogP contribution in [-0.2, 0) is 6.54 Å². The third-order valence-electron chi connectivity index (χ3n) is 4.22. The van der Waals surface area contributed by atoms with Gasteiger partial charge >= 0.3 is 0 Å². The lowest BCUT2D eigenvalue weighted by Crippen LogP contribution is -2.33. The first-order chi connectivity index (χ1) is 11.7. The molecule has 1 N–H and O–H groups in total. The Labute approximate surface area is 143 Å². The van der Waals surface area contributed by atoms with Gasteiger partial charge < -0.3 is 5.32 Å². The van der Waals surface area contributed by atoms with E-state index in [1.807, 2.05) is 19.1 Å². The molecule has 0 saturated heterocycles. The number of carbonyl (C=O) groups excluding carboxylic acids is 1. The number of hydrogen-bond acceptors (Lipinski definition) is 3. The summed E-state index contributed by atoms with van der Waals surface area (Å²) >= 11 is 0. The first-order valence-electron chi connectivity index (χ1n) is 8.95. The molecule has 0 radical (unpaired) electrons. The molecule has 1 amide bonds. The van der Waals surface area contributed by atoms with Gasteiger partial charge in [-0.2, -0.15) is 0 Å². The molecular weight excluding hydrogens is 302 g/mol. The first kappa shape index (κ1) is 18.2. The van der Waals surface area contributed by atoms with Crippen molar-refractivity contribution < 1.29 is 4.79 Å². The quantitative estimate of drug-likeness (QED) is 0.716. The molecule has 0 aliphatic rings. The summed E-state index contributed by atoms with van der Waals surface area (Å²) < 4.78 is 1.55. The zero-order chi connectivity index (χ0) is 17.4. The lowest BCUT2D eigenvalue weighted by atomic mass is 10.1. The second kappa shape index (κ2) is 9.21. The van der Waals surface area contributed by atoms with Crippen LogP contribution >= 0.6 is 0 Å². The summed E-state index contributed by atoms with van der Waals surface area (Å²) in [4.78, 5) is 29.1. The summed E-state index contributed by atoms with van der Waals surface area (Å²) in [6.07, 6.45) is 8.68. The van der Waals surface area contributed by atoms with E-state index in [0.29, 0.717) is 18.7 Å². The number of nitrogens with zero attached hydrogens (tertiary/aromatic N) is 2. The number of amides is 1. The fraction of sp³-hybridized carbons (Fsp3) is 0.526. The molecule has 2 aromatic heterocycles. The van der Waals surface area contributed by atoms with E-state index in [9.17, 15) is 9.59 Å². The fourth-order valence-corrected chi connectivity index (χ4v) is 2.86. The second-order valence-electron chi connectivity index (χ2n) is 6.05. The number of nitrogens with one attached hydrogen (secondary N) is 1. The Kier molecular flexibility index (Phi) is 6.97. The van der Waals surface area contributed by atoms with E-state index in [2.05, 4.69) is 17.2 Å². The summed E-state index contributed by atoms with van der Waals surface area (Å²) in [5.41, 5.74) is 0.546. The number of unbranched alkanes of at least 4 members (excludes halogenated alkanes) is 5. The molecule has 0 saturated carbocycles. The minimum Gasteiger partial charge on any atom is -0.352 e. The number of aromatic nitrogens is 2. The van der Waals surface area contributed by atoms with Crippen molar-refractivity contribution in [3.05, 3.63) is 40.3 Å². The van der Waals surface area contributed by atoms with Crippen LogP contribution in [0.25, 0.3) is 11.0 Å². The molecule has 0 aliphatic heterocycles. The summed E-state index contributed by atoms with van der Waals surface area (Å²) in [6.45, 7) is 5.18. The molecule has 130 valence electrons. The third-order valence-corrected chi connectivity index (χ3v) is 4.22. The average Bonchev–Trinajstić information content (AvgIpc) is 2.60. The average molecular weight is 329 g/mol. The van der Waals surface area contributed by atoms with Crippen LogP contribution in [0, 0.1) is 0 Å². The number of carbonyl (C=O) groups is 1. The van der Waals surface area contributed by atoms with Gasteiger partial charge in [0.25, 0.3) is 11.5 Å². The summed E-state index contributed by atoms with van der Waals surface area (Å²) in [5, 5.41) is 3.68. The van der Waals surface area contributed by atoms with E-state index in [4.69, 9.17) is 0 Å². The van der Waals surface area contributed by atoms with Crippen molar-refractivity contribution in [3.63, 3.8) is 0 Å². The summed E-state index contributed by atoms with van der Waals surface area (Å²) in [7, 11) is 0. The van der Waals surface area contributed by atoms with Gasteiger partial charge in [-0.25, -0.2) is 4.98 Å². The van der Waals surface area contributed by atoms with Crippen molar-refractivity contribution in [1.82, 2.24) is 14.9 Å². The van der Waals surface area contributed by atoms with Gasteiger partial charge in [0.15, 0.2) is 0 Å². The lowest BCUT2D eigenvalue weighted by molar-refractivity contribution is 0.0951. The van der Waals surface area contributed by atoms with Crippen molar-refractivity contribution in [2.45, 2.75) is 58.9 Å². The number of pyridine rings is 2. The molecule has 0 aliphatic carbocycles. The maximum atomic E-state index is 12.5. The molecule has 0 atom stereocenters. The highest BCUT2D eigenvalue weighted by atomic mass is 16.2. The topological polar surface area (TPSA) is 64.0 Å². The standard InChI is InChI=1S/C19H27N3O2/c1-3-5-6-7-8-9-12-21-18(23)16-14-15-11-10-13-20-17(15)22(4-2)19(16)24/h10-11,13-14H,3-9,12H2,1-2H3,(H,21,23).